The Morgan fingerprint density at radius 3 is 2.62 bits per heavy atom. The zero-order chi connectivity index (χ0) is 23.6. The standard InChI is InChI=1S/C23H33N5O4/c1-23(2,3)32-22(31)26-12-11-25-21(30)18-8-6-13-28(16-18)14-10-20(29)27-19-9-5-4-7-17(19)15-24/h4-5,7,9,18H,6,8,10-14,16H2,1-3H3,(H,25,30)(H,26,31)(H,27,29). The van der Waals surface area contributed by atoms with Crippen LogP contribution in [0, 0.1) is 17.2 Å². The van der Waals surface area contributed by atoms with Gasteiger partial charge in [-0.2, -0.15) is 5.26 Å². The highest BCUT2D eigenvalue weighted by Gasteiger charge is 2.26. The molecule has 3 amide bonds. The molecule has 1 atom stereocenters. The fourth-order valence-corrected chi connectivity index (χ4v) is 3.44. The average molecular weight is 444 g/mol. The first-order chi connectivity index (χ1) is 15.2. The summed E-state index contributed by atoms with van der Waals surface area (Å²) in [4.78, 5) is 38.5. The molecular formula is C23H33N5O4. The van der Waals surface area contributed by atoms with Crippen LogP contribution in [0.1, 0.15) is 45.6 Å². The number of carbonyl (C=O) groups excluding carboxylic acids is 3. The number of para-hydroxylation sites is 1. The second-order valence-corrected chi connectivity index (χ2v) is 8.82. The van der Waals surface area contributed by atoms with Crippen molar-refractivity contribution in [3.63, 3.8) is 0 Å². The van der Waals surface area contributed by atoms with Gasteiger partial charge in [0.15, 0.2) is 0 Å². The number of ether oxygens (including phenoxy) is 1. The van der Waals surface area contributed by atoms with Crippen molar-refractivity contribution < 1.29 is 19.1 Å². The van der Waals surface area contributed by atoms with Gasteiger partial charge in [-0.25, -0.2) is 4.79 Å². The van der Waals surface area contributed by atoms with Crippen molar-refractivity contribution in [1.29, 1.82) is 5.26 Å². The highest BCUT2D eigenvalue weighted by atomic mass is 16.6. The van der Waals surface area contributed by atoms with Gasteiger partial charge in [-0.3, -0.25) is 9.59 Å². The lowest BCUT2D eigenvalue weighted by Crippen LogP contribution is -2.45. The molecule has 1 aromatic carbocycles. The van der Waals surface area contributed by atoms with E-state index in [0.717, 1.165) is 19.4 Å². The second-order valence-electron chi connectivity index (χ2n) is 8.82. The van der Waals surface area contributed by atoms with E-state index in [1.165, 1.54) is 0 Å². The van der Waals surface area contributed by atoms with Crippen LogP contribution >= 0.6 is 0 Å². The molecule has 0 saturated carbocycles. The third-order valence-corrected chi connectivity index (χ3v) is 4.95. The molecule has 1 unspecified atom stereocenters. The van der Waals surface area contributed by atoms with E-state index in [0.29, 0.717) is 37.4 Å². The molecular weight excluding hydrogens is 410 g/mol. The number of nitriles is 1. The minimum Gasteiger partial charge on any atom is -0.444 e. The summed E-state index contributed by atoms with van der Waals surface area (Å²) < 4.78 is 5.15. The van der Waals surface area contributed by atoms with Crippen LogP contribution in [0.4, 0.5) is 10.5 Å². The molecule has 174 valence electrons. The molecule has 32 heavy (non-hydrogen) atoms. The Morgan fingerprint density at radius 2 is 1.91 bits per heavy atom. The number of likely N-dealkylation sites (tertiary alicyclic amines) is 1. The van der Waals surface area contributed by atoms with Crippen molar-refractivity contribution in [3.8, 4) is 6.07 Å². The molecule has 2 rings (SSSR count). The molecule has 1 heterocycles. The number of nitrogens with zero attached hydrogens (tertiary/aromatic N) is 2. The smallest absolute Gasteiger partial charge is 0.407 e. The number of hydrogen-bond donors (Lipinski definition) is 3. The fraction of sp³-hybridized carbons (Fsp3) is 0.565. The van der Waals surface area contributed by atoms with Crippen molar-refractivity contribution in [2.75, 3.05) is 38.0 Å². The number of carbonyl (C=O) groups is 3. The Labute approximate surface area is 189 Å². The number of rotatable bonds is 8. The Kier molecular flexibility index (Phi) is 9.47. The van der Waals surface area contributed by atoms with Crippen LogP contribution < -0.4 is 16.0 Å². The van der Waals surface area contributed by atoms with Crippen molar-refractivity contribution >= 4 is 23.6 Å². The predicted octanol–water partition coefficient (Wildman–Crippen LogP) is 2.24. The van der Waals surface area contributed by atoms with Crippen molar-refractivity contribution in [1.82, 2.24) is 15.5 Å². The van der Waals surface area contributed by atoms with Crippen LogP contribution in [0.25, 0.3) is 0 Å². The summed E-state index contributed by atoms with van der Waals surface area (Å²) in [6.07, 6.45) is 1.45. The van der Waals surface area contributed by atoms with Gasteiger partial charge in [-0.15, -0.1) is 0 Å². The molecule has 9 heteroatoms. The molecule has 3 N–H and O–H groups in total. The lowest BCUT2D eigenvalue weighted by Gasteiger charge is -2.31. The van der Waals surface area contributed by atoms with Crippen LogP contribution in [0.2, 0.25) is 0 Å². The third kappa shape index (κ3) is 8.94. The first kappa shape index (κ1) is 25.1. The first-order valence-electron chi connectivity index (χ1n) is 10.9. The molecule has 0 aromatic heterocycles. The van der Waals surface area contributed by atoms with E-state index >= 15 is 0 Å². The topological polar surface area (TPSA) is 124 Å². The van der Waals surface area contributed by atoms with Gasteiger partial charge in [0.2, 0.25) is 11.8 Å². The maximum absolute atomic E-state index is 12.5. The summed E-state index contributed by atoms with van der Waals surface area (Å²) in [5, 5.41) is 17.4. The average Bonchev–Trinajstić information content (AvgIpc) is 2.74. The van der Waals surface area contributed by atoms with E-state index in [-0.39, 0.29) is 24.2 Å². The van der Waals surface area contributed by atoms with Crippen LogP contribution in [0.15, 0.2) is 24.3 Å². The Balaban J connectivity index is 1.69. The summed E-state index contributed by atoms with van der Waals surface area (Å²) in [6.45, 7) is 7.97. The van der Waals surface area contributed by atoms with Crippen molar-refractivity contribution in [2.24, 2.45) is 5.92 Å². The Hall–Kier alpha value is -3.12. The molecule has 1 aromatic rings. The molecule has 0 aliphatic carbocycles. The van der Waals surface area contributed by atoms with Gasteiger partial charge in [-0.05, 0) is 52.3 Å². The largest absolute Gasteiger partial charge is 0.444 e. The van der Waals surface area contributed by atoms with Gasteiger partial charge in [0.1, 0.15) is 11.7 Å². The van der Waals surface area contributed by atoms with Crippen LogP contribution in [-0.2, 0) is 14.3 Å². The van der Waals surface area contributed by atoms with E-state index in [9.17, 15) is 14.4 Å². The van der Waals surface area contributed by atoms with Gasteiger partial charge >= 0.3 is 6.09 Å². The third-order valence-electron chi connectivity index (χ3n) is 4.95. The summed E-state index contributed by atoms with van der Waals surface area (Å²) in [7, 11) is 0. The molecule has 1 saturated heterocycles. The van der Waals surface area contributed by atoms with Crippen LogP contribution in [0.5, 0.6) is 0 Å². The summed E-state index contributed by atoms with van der Waals surface area (Å²) in [5.41, 5.74) is 0.377. The normalized spacial score (nSPS) is 16.5. The second kappa shape index (κ2) is 12.1. The van der Waals surface area contributed by atoms with E-state index in [2.05, 4.69) is 26.9 Å². The lowest BCUT2D eigenvalue weighted by molar-refractivity contribution is -0.126. The van der Waals surface area contributed by atoms with Gasteiger partial charge < -0.3 is 25.6 Å². The number of amides is 3. The Morgan fingerprint density at radius 1 is 1.19 bits per heavy atom. The van der Waals surface area contributed by atoms with E-state index in [1.54, 1.807) is 45.0 Å². The summed E-state index contributed by atoms with van der Waals surface area (Å²) in [5.74, 6) is -0.353. The minimum atomic E-state index is -0.561. The highest BCUT2D eigenvalue weighted by Crippen LogP contribution is 2.18. The molecule has 0 radical (unpaired) electrons. The van der Waals surface area contributed by atoms with Crippen molar-refractivity contribution in [2.45, 2.75) is 45.6 Å². The van der Waals surface area contributed by atoms with Gasteiger partial charge in [-0.1, -0.05) is 12.1 Å². The van der Waals surface area contributed by atoms with E-state index < -0.39 is 11.7 Å². The number of hydrogen-bond acceptors (Lipinski definition) is 6. The number of benzene rings is 1. The first-order valence-corrected chi connectivity index (χ1v) is 10.9. The minimum absolute atomic E-state index is 0.0481. The van der Waals surface area contributed by atoms with E-state index in [1.807, 2.05) is 0 Å². The number of alkyl carbamates (subject to hydrolysis) is 1. The SMILES string of the molecule is CC(C)(C)OC(=O)NCCNC(=O)C1CCCN(CCC(=O)Nc2ccccc2C#N)C1. The predicted molar refractivity (Wildman–Crippen MR) is 121 cm³/mol. The molecule has 1 aliphatic heterocycles. The maximum atomic E-state index is 12.5. The zero-order valence-corrected chi connectivity index (χ0v) is 19.1. The quantitative estimate of drug-likeness (QED) is 0.530. The monoisotopic (exact) mass is 443 g/mol. The van der Waals surface area contributed by atoms with Crippen LogP contribution in [0.3, 0.4) is 0 Å². The fourth-order valence-electron chi connectivity index (χ4n) is 3.44. The maximum Gasteiger partial charge on any atom is 0.407 e. The summed E-state index contributed by atoms with van der Waals surface area (Å²) >= 11 is 0. The van der Waals surface area contributed by atoms with Gasteiger partial charge in [0, 0.05) is 32.6 Å². The molecule has 0 spiro atoms. The molecule has 1 aliphatic rings. The van der Waals surface area contributed by atoms with E-state index in [4.69, 9.17) is 10.00 Å². The lowest BCUT2D eigenvalue weighted by atomic mass is 9.97. The molecule has 9 nitrogen and oxygen atoms in total. The summed E-state index contributed by atoms with van der Waals surface area (Å²) in [6, 6.07) is 8.95. The van der Waals surface area contributed by atoms with Gasteiger partial charge in [0.05, 0.1) is 17.2 Å². The van der Waals surface area contributed by atoms with Crippen LogP contribution in [-0.4, -0.2) is 61.1 Å². The number of anilines is 1. The zero-order valence-electron chi connectivity index (χ0n) is 19.1. The van der Waals surface area contributed by atoms with Crippen molar-refractivity contribution in [3.05, 3.63) is 29.8 Å². The van der Waals surface area contributed by atoms with Gasteiger partial charge in [0.25, 0.3) is 0 Å². The molecule has 1 fully saturated rings. The molecule has 0 bridgehead atoms. The Bertz CT molecular complexity index is 844. The number of nitrogens with one attached hydrogen (secondary N) is 3. The highest BCUT2D eigenvalue weighted by molar-refractivity contribution is 5.92. The number of piperidine rings is 1.